The van der Waals surface area contributed by atoms with E-state index in [0.717, 1.165) is 43.4 Å². The second kappa shape index (κ2) is 9.21. The summed E-state index contributed by atoms with van der Waals surface area (Å²) >= 11 is 10.7. The zero-order valence-corrected chi connectivity index (χ0v) is 22.1. The molecule has 4 aromatic rings. The van der Waals surface area contributed by atoms with E-state index >= 15 is 0 Å². The Hall–Kier alpha value is -1.80. The van der Waals surface area contributed by atoms with Crippen LogP contribution in [-0.4, -0.2) is 18.6 Å². The molecular weight excluding hydrogens is 600 g/mol. The summed E-state index contributed by atoms with van der Waals surface area (Å²) in [6.45, 7) is 1.33. The zero-order valence-electron chi connectivity index (χ0n) is 17.3. The Labute approximate surface area is 212 Å². The first kappa shape index (κ1) is 22.0. The minimum absolute atomic E-state index is 0.0990. The Morgan fingerprint density at radius 1 is 1.00 bits per heavy atom. The molecule has 0 saturated heterocycles. The van der Waals surface area contributed by atoms with E-state index in [4.69, 9.17) is 9.47 Å². The molecule has 2 heterocycles. The second-order valence-electron chi connectivity index (χ2n) is 7.76. The van der Waals surface area contributed by atoms with Crippen molar-refractivity contribution in [3.63, 3.8) is 0 Å². The quantitative estimate of drug-likeness (QED) is 0.247. The highest BCUT2D eigenvalue weighted by Crippen LogP contribution is 2.38. The Bertz CT molecular complexity index is 1280. The van der Waals surface area contributed by atoms with Gasteiger partial charge in [0.25, 0.3) is 0 Å². The summed E-state index contributed by atoms with van der Waals surface area (Å²) in [6, 6.07) is 18.9. The summed E-state index contributed by atoms with van der Waals surface area (Å²) < 4.78 is 14.6. The lowest BCUT2D eigenvalue weighted by atomic mass is 9.93. The number of methoxy groups -OCH3 is 1. The van der Waals surface area contributed by atoms with Crippen LogP contribution in [0, 0.1) is 0 Å². The van der Waals surface area contributed by atoms with E-state index in [-0.39, 0.29) is 6.04 Å². The van der Waals surface area contributed by atoms with Crippen molar-refractivity contribution in [3.05, 3.63) is 90.4 Å². The van der Waals surface area contributed by atoms with Crippen LogP contribution in [0.5, 0.6) is 11.5 Å². The number of halogens is 3. The number of aromatic nitrogens is 1. The number of hydrogen-bond donors (Lipinski definition) is 2. The van der Waals surface area contributed by atoms with E-state index in [1.807, 2.05) is 18.2 Å². The summed E-state index contributed by atoms with van der Waals surface area (Å²) in [4.78, 5) is 3.65. The number of rotatable bonds is 5. The number of fused-ring (bicyclic) bond motifs is 3. The first-order valence-corrected chi connectivity index (χ1v) is 12.7. The van der Waals surface area contributed by atoms with Gasteiger partial charge in [-0.2, -0.15) is 0 Å². The second-order valence-corrected chi connectivity index (χ2v) is 10.4. The molecule has 0 fully saturated rings. The molecule has 32 heavy (non-hydrogen) atoms. The Kier molecular flexibility index (Phi) is 6.34. The smallest absolute Gasteiger partial charge is 0.148 e. The summed E-state index contributed by atoms with van der Waals surface area (Å²) in [5.41, 5.74) is 6.02. The molecule has 0 saturated carbocycles. The largest absolute Gasteiger partial charge is 0.496 e. The third kappa shape index (κ3) is 4.12. The van der Waals surface area contributed by atoms with Crippen LogP contribution in [0.1, 0.15) is 28.4 Å². The Morgan fingerprint density at radius 3 is 2.56 bits per heavy atom. The lowest BCUT2D eigenvalue weighted by Crippen LogP contribution is -2.30. The average molecular weight is 621 g/mol. The van der Waals surface area contributed by atoms with Gasteiger partial charge in [-0.25, -0.2) is 0 Å². The number of H-pyrrole nitrogens is 1. The molecule has 0 spiro atoms. The SMILES string of the molecule is COc1ccc([C@@H]2NCCc3c2[nH]c2ccccc32)cc1COc1c(Br)cc(Br)cc1Br. The van der Waals surface area contributed by atoms with E-state index in [2.05, 4.69) is 94.5 Å². The Balaban J connectivity index is 1.48. The van der Waals surface area contributed by atoms with Crippen LogP contribution in [0.2, 0.25) is 0 Å². The van der Waals surface area contributed by atoms with Gasteiger partial charge in [0.1, 0.15) is 18.1 Å². The van der Waals surface area contributed by atoms with Crippen LogP contribution in [0.3, 0.4) is 0 Å². The fourth-order valence-corrected chi connectivity index (χ4v) is 6.86. The number of aromatic amines is 1. The van der Waals surface area contributed by atoms with Crippen LogP contribution in [0.15, 0.2) is 68.0 Å². The maximum absolute atomic E-state index is 6.19. The zero-order chi connectivity index (χ0) is 22.2. The van der Waals surface area contributed by atoms with Crippen LogP contribution >= 0.6 is 47.8 Å². The van der Waals surface area contributed by atoms with Crippen LogP contribution in [-0.2, 0) is 13.0 Å². The third-order valence-electron chi connectivity index (χ3n) is 5.83. The summed E-state index contributed by atoms with van der Waals surface area (Å²) in [5, 5.41) is 5.00. The maximum Gasteiger partial charge on any atom is 0.148 e. The van der Waals surface area contributed by atoms with Crippen LogP contribution in [0.4, 0.5) is 0 Å². The third-order valence-corrected chi connectivity index (χ3v) is 7.47. The predicted octanol–water partition coefficient (Wildman–Crippen LogP) is 7.28. The standard InChI is InChI=1S/C25H21Br3N2O2/c1-31-22-7-6-14(10-15(22)13-32-25-19(27)11-16(26)12-20(25)28)23-24-18(8-9-29-23)17-4-2-3-5-21(17)30-24/h2-7,10-12,23,29-30H,8-9,13H2,1H3/t23-/m0/s1. The predicted molar refractivity (Wildman–Crippen MR) is 139 cm³/mol. The minimum atomic E-state index is 0.0990. The molecule has 3 aromatic carbocycles. The van der Waals surface area contributed by atoms with Crippen molar-refractivity contribution in [3.8, 4) is 11.5 Å². The lowest BCUT2D eigenvalue weighted by Gasteiger charge is -2.25. The average Bonchev–Trinajstić information content (AvgIpc) is 3.17. The van der Waals surface area contributed by atoms with Gasteiger partial charge >= 0.3 is 0 Å². The first-order chi connectivity index (χ1) is 15.5. The van der Waals surface area contributed by atoms with E-state index < -0.39 is 0 Å². The number of nitrogens with one attached hydrogen (secondary N) is 2. The van der Waals surface area contributed by atoms with Crippen LogP contribution < -0.4 is 14.8 Å². The van der Waals surface area contributed by atoms with Crippen molar-refractivity contribution >= 4 is 58.7 Å². The van der Waals surface area contributed by atoms with Crippen molar-refractivity contribution < 1.29 is 9.47 Å². The van der Waals surface area contributed by atoms with Gasteiger partial charge in [-0.05, 0) is 79.7 Å². The molecular formula is C25H21Br3N2O2. The maximum atomic E-state index is 6.19. The van der Waals surface area contributed by atoms with Crippen molar-refractivity contribution in [2.45, 2.75) is 19.1 Å². The van der Waals surface area contributed by atoms with E-state index in [9.17, 15) is 0 Å². The number of hydrogen-bond acceptors (Lipinski definition) is 3. The normalized spacial score (nSPS) is 15.6. The topological polar surface area (TPSA) is 46.3 Å². The number of benzene rings is 3. The molecule has 164 valence electrons. The molecule has 5 rings (SSSR count). The van der Waals surface area contributed by atoms with Gasteiger partial charge in [0.15, 0.2) is 0 Å². The van der Waals surface area contributed by atoms with Gasteiger partial charge in [0.05, 0.1) is 22.1 Å². The molecule has 0 aliphatic carbocycles. The van der Waals surface area contributed by atoms with E-state index in [1.165, 1.54) is 27.7 Å². The highest BCUT2D eigenvalue weighted by atomic mass is 79.9. The van der Waals surface area contributed by atoms with Crippen molar-refractivity contribution in [1.29, 1.82) is 0 Å². The molecule has 1 atom stereocenters. The highest BCUT2D eigenvalue weighted by Gasteiger charge is 2.26. The van der Waals surface area contributed by atoms with E-state index in [0.29, 0.717) is 6.61 Å². The van der Waals surface area contributed by atoms with Gasteiger partial charge in [-0.15, -0.1) is 0 Å². The van der Waals surface area contributed by atoms with Crippen molar-refractivity contribution in [2.75, 3.05) is 13.7 Å². The molecule has 4 nitrogen and oxygen atoms in total. The first-order valence-electron chi connectivity index (χ1n) is 10.3. The van der Waals surface area contributed by atoms with Gasteiger partial charge in [-0.3, -0.25) is 0 Å². The monoisotopic (exact) mass is 618 g/mol. The molecule has 2 N–H and O–H groups in total. The fraction of sp³-hybridized carbons (Fsp3) is 0.200. The number of para-hydroxylation sites is 1. The van der Waals surface area contributed by atoms with Crippen LogP contribution in [0.25, 0.3) is 10.9 Å². The molecule has 0 radical (unpaired) electrons. The van der Waals surface area contributed by atoms with Gasteiger partial charge in [0.2, 0.25) is 0 Å². The number of ether oxygens (including phenoxy) is 2. The van der Waals surface area contributed by atoms with Crippen molar-refractivity contribution in [1.82, 2.24) is 10.3 Å². The minimum Gasteiger partial charge on any atom is -0.496 e. The molecule has 0 unspecified atom stereocenters. The molecule has 1 aliphatic rings. The van der Waals surface area contributed by atoms with Gasteiger partial charge < -0.3 is 19.8 Å². The molecule has 7 heteroatoms. The molecule has 1 aromatic heterocycles. The molecule has 0 amide bonds. The Morgan fingerprint density at radius 2 is 1.78 bits per heavy atom. The molecule has 0 bridgehead atoms. The summed E-state index contributed by atoms with van der Waals surface area (Å²) in [7, 11) is 1.69. The van der Waals surface area contributed by atoms with Gasteiger partial charge in [-0.1, -0.05) is 40.2 Å². The molecule has 1 aliphatic heterocycles. The van der Waals surface area contributed by atoms with Gasteiger partial charge in [0, 0.05) is 33.2 Å². The van der Waals surface area contributed by atoms with Crippen molar-refractivity contribution in [2.24, 2.45) is 0 Å². The summed E-state index contributed by atoms with van der Waals surface area (Å²) in [6.07, 6.45) is 1.02. The highest BCUT2D eigenvalue weighted by molar-refractivity contribution is 9.11. The summed E-state index contributed by atoms with van der Waals surface area (Å²) in [5.74, 6) is 1.57. The lowest BCUT2D eigenvalue weighted by molar-refractivity contribution is 0.293. The fourth-order valence-electron chi connectivity index (χ4n) is 4.37. The van der Waals surface area contributed by atoms with E-state index in [1.54, 1.807) is 7.11 Å².